The average molecular weight is 181 g/mol. The summed E-state index contributed by atoms with van der Waals surface area (Å²) in [4.78, 5) is 11.6. The van der Waals surface area contributed by atoms with Crippen molar-refractivity contribution in [2.24, 2.45) is 0 Å². The van der Waals surface area contributed by atoms with Crippen LogP contribution in [0, 0.1) is 0 Å². The van der Waals surface area contributed by atoms with Crippen LogP contribution in [0.1, 0.15) is 26.3 Å². The molecule has 0 amide bonds. The number of rotatable bonds is 3. The third-order valence-corrected chi connectivity index (χ3v) is 2.23. The Kier molecular flexibility index (Phi) is 3.12. The van der Waals surface area contributed by atoms with E-state index in [0.717, 1.165) is 6.42 Å². The number of pyridine rings is 1. The van der Waals surface area contributed by atoms with Gasteiger partial charge in [0, 0.05) is 12.2 Å². The first-order valence-electron chi connectivity index (χ1n) is 4.45. The molecule has 0 saturated carbocycles. The van der Waals surface area contributed by atoms with E-state index in [0.29, 0.717) is 5.75 Å². The van der Waals surface area contributed by atoms with E-state index >= 15 is 0 Å². The average Bonchev–Trinajstić information content (AvgIpc) is 2.17. The molecule has 0 radical (unpaired) electrons. The third kappa shape index (κ3) is 1.91. The van der Waals surface area contributed by atoms with Gasteiger partial charge in [-0.3, -0.25) is 4.79 Å². The summed E-state index contributed by atoms with van der Waals surface area (Å²) in [5.41, 5.74) is -0.0562. The SMILES string of the molecule is CCC(C)n1cccc(OC)c1=O. The Morgan fingerprint density at radius 2 is 2.31 bits per heavy atom. The molecule has 72 valence electrons. The van der Waals surface area contributed by atoms with Crippen LogP contribution in [0.15, 0.2) is 23.1 Å². The van der Waals surface area contributed by atoms with Gasteiger partial charge in [-0.15, -0.1) is 0 Å². The second-order valence-electron chi connectivity index (χ2n) is 3.05. The highest BCUT2D eigenvalue weighted by atomic mass is 16.5. The summed E-state index contributed by atoms with van der Waals surface area (Å²) in [5, 5.41) is 0. The van der Waals surface area contributed by atoms with Gasteiger partial charge in [-0.05, 0) is 25.5 Å². The lowest BCUT2D eigenvalue weighted by atomic mass is 10.2. The van der Waals surface area contributed by atoms with E-state index in [1.807, 2.05) is 13.0 Å². The number of ether oxygens (including phenoxy) is 1. The molecule has 0 N–H and O–H groups in total. The molecule has 3 heteroatoms. The van der Waals surface area contributed by atoms with Gasteiger partial charge < -0.3 is 9.30 Å². The van der Waals surface area contributed by atoms with Crippen molar-refractivity contribution in [3.8, 4) is 5.75 Å². The zero-order valence-electron chi connectivity index (χ0n) is 8.28. The zero-order chi connectivity index (χ0) is 9.84. The summed E-state index contributed by atoms with van der Waals surface area (Å²) in [6, 6.07) is 3.73. The molecule has 0 aliphatic rings. The first kappa shape index (κ1) is 9.84. The Labute approximate surface area is 78.0 Å². The quantitative estimate of drug-likeness (QED) is 0.712. The molecule has 0 aliphatic heterocycles. The summed E-state index contributed by atoms with van der Waals surface area (Å²) in [5.74, 6) is 0.405. The monoisotopic (exact) mass is 181 g/mol. The molecule has 3 nitrogen and oxygen atoms in total. The van der Waals surface area contributed by atoms with Crippen LogP contribution in [0.25, 0.3) is 0 Å². The first-order chi connectivity index (χ1) is 6.20. The normalized spacial score (nSPS) is 12.5. The molecular weight excluding hydrogens is 166 g/mol. The molecule has 1 aromatic rings. The van der Waals surface area contributed by atoms with Crippen molar-refractivity contribution < 1.29 is 4.74 Å². The molecule has 1 unspecified atom stereocenters. The minimum absolute atomic E-state index is 0.0562. The van der Waals surface area contributed by atoms with Crippen molar-refractivity contribution in [3.05, 3.63) is 28.7 Å². The van der Waals surface area contributed by atoms with Crippen LogP contribution in [-0.2, 0) is 0 Å². The third-order valence-electron chi connectivity index (χ3n) is 2.23. The summed E-state index contributed by atoms with van der Waals surface area (Å²) in [6.45, 7) is 4.07. The van der Waals surface area contributed by atoms with Gasteiger partial charge in [0.25, 0.3) is 5.56 Å². The van der Waals surface area contributed by atoms with Crippen molar-refractivity contribution >= 4 is 0 Å². The second kappa shape index (κ2) is 4.12. The Morgan fingerprint density at radius 3 is 2.85 bits per heavy atom. The molecule has 0 saturated heterocycles. The van der Waals surface area contributed by atoms with Gasteiger partial charge >= 0.3 is 0 Å². The minimum Gasteiger partial charge on any atom is -0.491 e. The largest absolute Gasteiger partial charge is 0.491 e. The molecule has 13 heavy (non-hydrogen) atoms. The van der Waals surface area contributed by atoms with Crippen LogP contribution < -0.4 is 10.3 Å². The van der Waals surface area contributed by atoms with Crippen LogP contribution in [-0.4, -0.2) is 11.7 Å². The van der Waals surface area contributed by atoms with E-state index in [4.69, 9.17) is 4.74 Å². The fourth-order valence-corrected chi connectivity index (χ4v) is 1.19. The fraction of sp³-hybridized carbons (Fsp3) is 0.500. The van der Waals surface area contributed by atoms with E-state index in [9.17, 15) is 4.79 Å². The first-order valence-corrected chi connectivity index (χ1v) is 4.45. The predicted molar refractivity (Wildman–Crippen MR) is 52.3 cm³/mol. The van der Waals surface area contributed by atoms with Gasteiger partial charge in [-0.25, -0.2) is 0 Å². The molecule has 0 aromatic carbocycles. The van der Waals surface area contributed by atoms with E-state index in [-0.39, 0.29) is 11.6 Å². The smallest absolute Gasteiger partial charge is 0.293 e. The van der Waals surface area contributed by atoms with Gasteiger partial charge in [0.05, 0.1) is 7.11 Å². The maximum absolute atomic E-state index is 11.6. The number of nitrogens with zero attached hydrogens (tertiary/aromatic N) is 1. The van der Waals surface area contributed by atoms with Crippen LogP contribution in [0.3, 0.4) is 0 Å². The molecule has 0 bridgehead atoms. The maximum atomic E-state index is 11.6. The molecule has 1 rings (SSSR count). The van der Waals surface area contributed by atoms with Crippen LogP contribution in [0.2, 0.25) is 0 Å². The molecular formula is C10H15NO2. The molecule has 1 aromatic heterocycles. The van der Waals surface area contributed by atoms with E-state index < -0.39 is 0 Å². The van der Waals surface area contributed by atoms with Gasteiger partial charge in [-0.2, -0.15) is 0 Å². The lowest BCUT2D eigenvalue weighted by Crippen LogP contribution is -2.23. The zero-order valence-corrected chi connectivity index (χ0v) is 8.28. The van der Waals surface area contributed by atoms with Gasteiger partial charge in [0.15, 0.2) is 5.75 Å². The number of methoxy groups -OCH3 is 1. The highest BCUT2D eigenvalue weighted by Crippen LogP contribution is 2.09. The Balaban J connectivity index is 3.16. The van der Waals surface area contributed by atoms with Crippen molar-refractivity contribution in [1.82, 2.24) is 4.57 Å². The highest BCUT2D eigenvalue weighted by molar-refractivity contribution is 5.17. The fourth-order valence-electron chi connectivity index (χ4n) is 1.19. The standard InChI is InChI=1S/C10H15NO2/c1-4-8(2)11-7-5-6-9(13-3)10(11)12/h5-8H,4H2,1-3H3. The van der Waals surface area contributed by atoms with E-state index in [2.05, 4.69) is 6.92 Å². The topological polar surface area (TPSA) is 31.2 Å². The number of aromatic nitrogens is 1. The predicted octanol–water partition coefficient (Wildman–Crippen LogP) is 1.83. The molecule has 1 atom stereocenters. The van der Waals surface area contributed by atoms with Crippen molar-refractivity contribution in [2.45, 2.75) is 26.3 Å². The lowest BCUT2D eigenvalue weighted by molar-refractivity contribution is 0.395. The summed E-state index contributed by atoms with van der Waals surface area (Å²) < 4.78 is 6.64. The second-order valence-corrected chi connectivity index (χ2v) is 3.05. The van der Waals surface area contributed by atoms with Crippen molar-refractivity contribution in [1.29, 1.82) is 0 Å². The molecule has 0 aliphatic carbocycles. The van der Waals surface area contributed by atoms with Gasteiger partial charge in [0.1, 0.15) is 0 Å². The van der Waals surface area contributed by atoms with Crippen LogP contribution >= 0.6 is 0 Å². The molecule has 1 heterocycles. The van der Waals surface area contributed by atoms with E-state index in [1.165, 1.54) is 7.11 Å². The van der Waals surface area contributed by atoms with Gasteiger partial charge in [0.2, 0.25) is 0 Å². The van der Waals surface area contributed by atoms with Crippen molar-refractivity contribution in [3.63, 3.8) is 0 Å². The number of hydrogen-bond donors (Lipinski definition) is 0. The molecule has 0 spiro atoms. The van der Waals surface area contributed by atoms with Gasteiger partial charge in [-0.1, -0.05) is 6.92 Å². The highest BCUT2D eigenvalue weighted by Gasteiger charge is 2.06. The van der Waals surface area contributed by atoms with Crippen molar-refractivity contribution in [2.75, 3.05) is 7.11 Å². The van der Waals surface area contributed by atoms with E-state index in [1.54, 1.807) is 16.8 Å². The summed E-state index contributed by atoms with van der Waals surface area (Å²) >= 11 is 0. The number of hydrogen-bond acceptors (Lipinski definition) is 2. The Morgan fingerprint density at radius 1 is 1.62 bits per heavy atom. The van der Waals surface area contributed by atoms with Crippen LogP contribution in [0.5, 0.6) is 5.75 Å². The Bertz CT molecular complexity index is 330. The molecule has 0 fully saturated rings. The summed E-state index contributed by atoms with van der Waals surface area (Å²) in [7, 11) is 1.51. The lowest BCUT2D eigenvalue weighted by Gasteiger charge is -2.13. The minimum atomic E-state index is -0.0562. The van der Waals surface area contributed by atoms with Crippen LogP contribution in [0.4, 0.5) is 0 Å². The summed E-state index contributed by atoms with van der Waals surface area (Å²) in [6.07, 6.45) is 2.73. The maximum Gasteiger partial charge on any atom is 0.293 e. The Hall–Kier alpha value is -1.25.